The van der Waals surface area contributed by atoms with Gasteiger partial charge in [-0.05, 0) is 5.75 Å². The van der Waals surface area contributed by atoms with E-state index in [4.69, 9.17) is 0 Å². The normalized spacial score (nSPS) is 15.6. The Morgan fingerprint density at radius 1 is 0.650 bits per heavy atom. The van der Waals surface area contributed by atoms with E-state index >= 15 is 0 Å². The highest BCUT2D eigenvalue weighted by Crippen LogP contribution is 2.55. The van der Waals surface area contributed by atoms with Crippen LogP contribution in [0.15, 0.2) is 0 Å². The van der Waals surface area contributed by atoms with E-state index in [9.17, 15) is 48.3 Å². The van der Waals surface area contributed by atoms with Crippen LogP contribution in [-0.4, -0.2) is 35.6 Å². The maximum Gasteiger partial charge on any atom is 0.460 e. The van der Waals surface area contributed by atoms with Crippen molar-refractivity contribution in [3.63, 3.8) is 0 Å². The van der Waals surface area contributed by atoms with E-state index in [2.05, 4.69) is 12.6 Å². The molecule has 0 aliphatic heterocycles. The van der Waals surface area contributed by atoms with Crippen molar-refractivity contribution in [3.05, 3.63) is 0 Å². The highest BCUT2D eigenvalue weighted by atomic mass is 32.1. The average Bonchev–Trinajstić information content (AvgIpc) is 2.12. The molecule has 0 fully saturated rings. The molecule has 0 saturated heterocycles. The molecule has 0 nitrogen and oxygen atoms in total. The number of halogens is 11. The molecule has 0 aromatic rings. The van der Waals surface area contributed by atoms with E-state index in [0.29, 0.717) is 0 Å². The van der Waals surface area contributed by atoms with Crippen LogP contribution in [0.4, 0.5) is 48.3 Å². The molecule has 0 aliphatic carbocycles. The molecule has 0 unspecified atom stereocenters. The lowest BCUT2D eigenvalue weighted by Crippen LogP contribution is -2.61. The quantitative estimate of drug-likeness (QED) is 0.519. The smallest absolute Gasteiger partial charge is 0.207 e. The van der Waals surface area contributed by atoms with Crippen LogP contribution in [0.2, 0.25) is 0 Å². The first kappa shape index (κ1) is 19.6. The van der Waals surface area contributed by atoms with Gasteiger partial charge < -0.3 is 0 Å². The molecule has 0 saturated carbocycles. The Labute approximate surface area is 110 Å². The van der Waals surface area contributed by atoms with Crippen LogP contribution in [-0.2, 0) is 0 Å². The predicted molar refractivity (Wildman–Crippen MR) is 48.9 cm³/mol. The SMILES string of the molecule is FC(F)(CCS)CC(F)(F)C(F)(F)C(F)(F)C(F)(F)F. The van der Waals surface area contributed by atoms with Gasteiger partial charge >= 0.3 is 23.9 Å². The van der Waals surface area contributed by atoms with Gasteiger partial charge in [0.2, 0.25) is 0 Å². The molecule has 0 atom stereocenters. The summed E-state index contributed by atoms with van der Waals surface area (Å²) in [5, 5.41) is 0. The van der Waals surface area contributed by atoms with Crippen molar-refractivity contribution < 1.29 is 48.3 Å². The summed E-state index contributed by atoms with van der Waals surface area (Å²) in [6, 6.07) is 0. The van der Waals surface area contributed by atoms with E-state index < -0.39 is 48.5 Å². The number of hydrogen-bond donors (Lipinski definition) is 1. The molecule has 0 spiro atoms. The van der Waals surface area contributed by atoms with Crippen molar-refractivity contribution >= 4 is 12.6 Å². The van der Waals surface area contributed by atoms with Crippen LogP contribution in [0.3, 0.4) is 0 Å². The molecular formula is C8H7F11S. The fraction of sp³-hybridized carbons (Fsp3) is 1.00. The molecule has 20 heavy (non-hydrogen) atoms. The van der Waals surface area contributed by atoms with Gasteiger partial charge in [0.05, 0.1) is 6.42 Å². The third-order valence-electron chi connectivity index (χ3n) is 2.17. The summed E-state index contributed by atoms with van der Waals surface area (Å²) in [4.78, 5) is 0. The van der Waals surface area contributed by atoms with E-state index in [1.807, 2.05) is 0 Å². The highest BCUT2D eigenvalue weighted by Gasteiger charge is 2.82. The molecule has 0 N–H and O–H groups in total. The Bertz CT molecular complexity index is 332. The molecular weight excluding hydrogens is 337 g/mol. The molecule has 0 rings (SSSR count). The minimum absolute atomic E-state index is 0.760. The zero-order valence-electron chi connectivity index (χ0n) is 9.23. The van der Waals surface area contributed by atoms with Gasteiger partial charge in [-0.2, -0.15) is 52.1 Å². The molecule has 122 valence electrons. The second-order valence-corrected chi connectivity index (χ2v) is 4.30. The van der Waals surface area contributed by atoms with Crippen molar-refractivity contribution in [2.45, 2.75) is 42.7 Å². The summed E-state index contributed by atoms with van der Waals surface area (Å²) in [6.45, 7) is 0. The Balaban J connectivity index is 5.48. The molecule has 0 aromatic carbocycles. The van der Waals surface area contributed by atoms with Crippen LogP contribution in [0.1, 0.15) is 12.8 Å². The predicted octanol–water partition coefficient (Wildman–Crippen LogP) is 4.80. The first-order valence-corrected chi connectivity index (χ1v) is 5.34. The van der Waals surface area contributed by atoms with Crippen LogP contribution in [0, 0.1) is 0 Å². The summed E-state index contributed by atoms with van der Waals surface area (Å²) in [7, 11) is 0. The maximum absolute atomic E-state index is 12.8. The van der Waals surface area contributed by atoms with Gasteiger partial charge in [0.15, 0.2) is 0 Å². The molecule has 0 heterocycles. The second kappa shape index (κ2) is 5.41. The molecule has 0 aliphatic rings. The summed E-state index contributed by atoms with van der Waals surface area (Å²) in [5.41, 5.74) is 0. The average molecular weight is 344 g/mol. The molecule has 0 amide bonds. The summed E-state index contributed by atoms with van der Waals surface area (Å²) in [5.74, 6) is -25.8. The largest absolute Gasteiger partial charge is 0.460 e. The Kier molecular flexibility index (Phi) is 5.30. The zero-order chi connectivity index (χ0) is 16.6. The number of thiol groups is 1. The van der Waals surface area contributed by atoms with Crippen molar-refractivity contribution in [2.75, 3.05) is 5.75 Å². The monoisotopic (exact) mass is 344 g/mol. The van der Waals surface area contributed by atoms with Crippen LogP contribution in [0.5, 0.6) is 0 Å². The fourth-order valence-electron chi connectivity index (χ4n) is 1.10. The van der Waals surface area contributed by atoms with Crippen molar-refractivity contribution in [2.24, 2.45) is 0 Å². The second-order valence-electron chi connectivity index (χ2n) is 3.86. The zero-order valence-corrected chi connectivity index (χ0v) is 10.1. The van der Waals surface area contributed by atoms with E-state index in [-0.39, 0.29) is 0 Å². The first-order chi connectivity index (χ1) is 8.52. The van der Waals surface area contributed by atoms with E-state index in [1.165, 1.54) is 0 Å². The van der Waals surface area contributed by atoms with Gasteiger partial charge in [-0.25, -0.2) is 8.78 Å². The lowest BCUT2D eigenvalue weighted by molar-refractivity contribution is -0.400. The van der Waals surface area contributed by atoms with E-state index in [0.717, 1.165) is 0 Å². The topological polar surface area (TPSA) is 0 Å². The van der Waals surface area contributed by atoms with Crippen molar-refractivity contribution in [3.8, 4) is 0 Å². The number of alkyl halides is 11. The summed E-state index contributed by atoms with van der Waals surface area (Å²) < 4.78 is 136. The minimum atomic E-state index is -7.15. The Morgan fingerprint density at radius 2 is 1.05 bits per heavy atom. The Hall–Kier alpha value is -0.420. The number of rotatable bonds is 6. The molecule has 0 bridgehead atoms. The number of hydrogen-bond acceptors (Lipinski definition) is 1. The van der Waals surface area contributed by atoms with Crippen LogP contribution in [0.25, 0.3) is 0 Å². The van der Waals surface area contributed by atoms with Gasteiger partial charge in [-0.3, -0.25) is 0 Å². The highest BCUT2D eigenvalue weighted by molar-refractivity contribution is 7.80. The molecule has 12 heteroatoms. The van der Waals surface area contributed by atoms with Crippen molar-refractivity contribution in [1.82, 2.24) is 0 Å². The third-order valence-corrected chi connectivity index (χ3v) is 2.39. The Morgan fingerprint density at radius 3 is 1.35 bits per heavy atom. The van der Waals surface area contributed by atoms with Gasteiger partial charge in [-0.1, -0.05) is 0 Å². The maximum atomic E-state index is 12.8. The first-order valence-electron chi connectivity index (χ1n) is 4.71. The van der Waals surface area contributed by atoms with Gasteiger partial charge in [-0.15, -0.1) is 0 Å². The minimum Gasteiger partial charge on any atom is -0.207 e. The lowest BCUT2D eigenvalue weighted by Gasteiger charge is -2.35. The van der Waals surface area contributed by atoms with Gasteiger partial charge in [0, 0.05) is 6.42 Å². The van der Waals surface area contributed by atoms with Gasteiger partial charge in [0.25, 0.3) is 5.92 Å². The third kappa shape index (κ3) is 3.61. The lowest BCUT2D eigenvalue weighted by atomic mass is 9.97. The summed E-state index contributed by atoms with van der Waals surface area (Å²) >= 11 is 3.20. The van der Waals surface area contributed by atoms with E-state index in [1.54, 1.807) is 0 Å². The van der Waals surface area contributed by atoms with Crippen LogP contribution >= 0.6 is 12.6 Å². The molecule has 0 aromatic heterocycles. The molecule has 0 radical (unpaired) electrons. The summed E-state index contributed by atoms with van der Waals surface area (Å²) in [6.07, 6.45) is -11.7. The van der Waals surface area contributed by atoms with Gasteiger partial charge in [0.1, 0.15) is 0 Å². The van der Waals surface area contributed by atoms with Crippen molar-refractivity contribution in [1.29, 1.82) is 0 Å². The standard InChI is InChI=1S/C8H7F11S/c9-4(10,1-2-20)3-5(11,12)6(13,14)7(15,16)8(17,18)19/h20H,1-3H2. The fourth-order valence-corrected chi connectivity index (χ4v) is 1.42. The van der Waals surface area contributed by atoms with Crippen LogP contribution < -0.4 is 0 Å².